The van der Waals surface area contributed by atoms with Gasteiger partial charge in [0.25, 0.3) is 0 Å². The van der Waals surface area contributed by atoms with E-state index >= 15 is 0 Å². The van der Waals surface area contributed by atoms with Crippen molar-refractivity contribution in [2.24, 2.45) is 0 Å². The third kappa shape index (κ3) is 2.39. The zero-order valence-corrected chi connectivity index (χ0v) is 9.51. The van der Waals surface area contributed by atoms with Crippen molar-refractivity contribution in [3.63, 3.8) is 0 Å². The van der Waals surface area contributed by atoms with Gasteiger partial charge < -0.3 is 0 Å². The summed E-state index contributed by atoms with van der Waals surface area (Å²) in [5, 5.41) is 0. The minimum Gasteiger partial charge on any atom is -0.255 e. The summed E-state index contributed by atoms with van der Waals surface area (Å²) in [6, 6.07) is 4.00. The third-order valence-electron chi connectivity index (χ3n) is 1.68. The van der Waals surface area contributed by atoms with E-state index in [1.165, 1.54) is 5.56 Å². The van der Waals surface area contributed by atoms with Crippen LogP contribution in [-0.4, -0.2) is 9.97 Å². The van der Waals surface area contributed by atoms with Crippen molar-refractivity contribution in [1.82, 2.24) is 9.97 Å². The first kappa shape index (κ1) is 10.9. The summed E-state index contributed by atoms with van der Waals surface area (Å²) in [4.78, 5) is 9.44. The summed E-state index contributed by atoms with van der Waals surface area (Å²) in [5.41, 5.74) is 4.06. The second-order valence-corrected chi connectivity index (χ2v) is 3.42. The van der Waals surface area contributed by atoms with E-state index < -0.39 is 0 Å². The number of nitrogens with zero attached hydrogens (tertiary/aromatic N) is 2. The van der Waals surface area contributed by atoms with Crippen molar-refractivity contribution < 1.29 is 0 Å². The molecule has 0 aliphatic heterocycles. The third-order valence-corrected chi connectivity index (χ3v) is 2.45. The highest BCUT2D eigenvalue weighted by Gasteiger charge is 2.02. The Labute approximate surface area is 88.7 Å². The van der Waals surface area contributed by atoms with Crippen LogP contribution in [0.1, 0.15) is 19.4 Å². The van der Waals surface area contributed by atoms with Gasteiger partial charge in [0.2, 0.25) is 0 Å². The Kier molecular flexibility index (Phi) is 4.26. The molecule has 0 bridgehead atoms. The summed E-state index contributed by atoms with van der Waals surface area (Å²) >= 11 is 1.62. The summed E-state index contributed by atoms with van der Waals surface area (Å²) < 4.78 is 0. The maximum Gasteiger partial charge on any atom is 0.0847 e. The number of thiazole rings is 1. The van der Waals surface area contributed by atoms with E-state index in [4.69, 9.17) is 0 Å². The quantitative estimate of drug-likeness (QED) is 0.713. The average Bonchev–Trinajstić information content (AvgIpc) is 2.75. The number of aromatic nitrogens is 2. The van der Waals surface area contributed by atoms with Crippen LogP contribution in [0.2, 0.25) is 0 Å². The molecule has 0 N–H and O–H groups in total. The number of pyridine rings is 1. The molecule has 0 aliphatic carbocycles. The Morgan fingerprint density at radius 2 is 2.07 bits per heavy atom. The normalized spacial score (nSPS) is 9.07. The molecule has 2 nitrogen and oxygen atoms in total. The van der Waals surface area contributed by atoms with Crippen LogP contribution in [-0.2, 0) is 0 Å². The zero-order chi connectivity index (χ0) is 10.4. The zero-order valence-electron chi connectivity index (χ0n) is 8.69. The summed E-state index contributed by atoms with van der Waals surface area (Å²) in [6.07, 6.45) is 3.65. The predicted octanol–water partition coefficient (Wildman–Crippen LogP) is 3.54. The van der Waals surface area contributed by atoms with E-state index in [9.17, 15) is 0 Å². The van der Waals surface area contributed by atoms with Crippen molar-refractivity contribution in [3.05, 3.63) is 35.6 Å². The second-order valence-electron chi connectivity index (χ2n) is 2.53. The largest absolute Gasteiger partial charge is 0.255 e. The van der Waals surface area contributed by atoms with E-state index in [-0.39, 0.29) is 0 Å². The number of hydrogen-bond donors (Lipinski definition) is 0. The molecule has 2 aromatic heterocycles. The van der Waals surface area contributed by atoms with Crippen LogP contribution in [0.5, 0.6) is 0 Å². The Bertz CT molecular complexity index is 369. The van der Waals surface area contributed by atoms with Crippen molar-refractivity contribution in [2.75, 3.05) is 0 Å². The fourth-order valence-corrected chi connectivity index (χ4v) is 1.76. The van der Waals surface area contributed by atoms with Gasteiger partial charge >= 0.3 is 0 Å². The highest BCUT2D eigenvalue weighted by molar-refractivity contribution is 7.13. The van der Waals surface area contributed by atoms with Gasteiger partial charge in [0.05, 0.1) is 16.1 Å². The molecular formula is C11H14N2S. The molecule has 2 rings (SSSR count). The first-order valence-corrected chi connectivity index (χ1v) is 5.56. The maximum absolute atomic E-state index is 4.29. The fraction of sp³-hybridized carbons (Fsp3) is 0.273. The summed E-state index contributed by atoms with van der Waals surface area (Å²) in [5.74, 6) is 0. The first-order chi connectivity index (χ1) is 6.88. The molecule has 0 aliphatic rings. The SMILES string of the molecule is CC.Cc1cccnc1-c1cncs1. The lowest BCUT2D eigenvalue weighted by Crippen LogP contribution is -1.83. The van der Waals surface area contributed by atoms with Crippen molar-refractivity contribution in [2.45, 2.75) is 20.8 Å². The fourth-order valence-electron chi connectivity index (χ4n) is 1.08. The molecule has 0 radical (unpaired) electrons. The molecule has 0 aromatic carbocycles. The molecule has 0 saturated carbocycles. The average molecular weight is 206 g/mol. The Morgan fingerprint density at radius 3 is 2.64 bits per heavy atom. The van der Waals surface area contributed by atoms with E-state index in [0.717, 1.165) is 10.6 Å². The van der Waals surface area contributed by atoms with Crippen molar-refractivity contribution >= 4 is 11.3 Å². The van der Waals surface area contributed by atoms with Crippen LogP contribution < -0.4 is 0 Å². The van der Waals surface area contributed by atoms with Gasteiger partial charge in [0.15, 0.2) is 0 Å². The van der Waals surface area contributed by atoms with E-state index in [1.54, 1.807) is 11.3 Å². The maximum atomic E-state index is 4.29. The molecule has 0 spiro atoms. The molecule has 2 heterocycles. The topological polar surface area (TPSA) is 25.8 Å². The summed E-state index contributed by atoms with van der Waals surface area (Å²) in [7, 11) is 0. The van der Waals surface area contributed by atoms with Crippen molar-refractivity contribution in [1.29, 1.82) is 0 Å². The molecule has 74 valence electrons. The Hall–Kier alpha value is -1.22. The monoisotopic (exact) mass is 206 g/mol. The molecule has 14 heavy (non-hydrogen) atoms. The highest BCUT2D eigenvalue weighted by Crippen LogP contribution is 2.23. The lowest BCUT2D eigenvalue weighted by Gasteiger charge is -1.98. The lowest BCUT2D eigenvalue weighted by atomic mass is 10.2. The van der Waals surface area contributed by atoms with Gasteiger partial charge in [-0.25, -0.2) is 0 Å². The smallest absolute Gasteiger partial charge is 0.0847 e. The van der Waals surface area contributed by atoms with Crippen LogP contribution in [0.3, 0.4) is 0 Å². The first-order valence-electron chi connectivity index (χ1n) is 4.68. The molecule has 0 amide bonds. The Morgan fingerprint density at radius 1 is 1.29 bits per heavy atom. The van der Waals surface area contributed by atoms with Gasteiger partial charge in [-0.2, -0.15) is 0 Å². The van der Waals surface area contributed by atoms with Crippen LogP contribution >= 0.6 is 11.3 Å². The van der Waals surface area contributed by atoms with E-state index in [0.29, 0.717) is 0 Å². The molecule has 3 heteroatoms. The van der Waals surface area contributed by atoms with Crippen molar-refractivity contribution in [3.8, 4) is 10.6 Å². The van der Waals surface area contributed by atoms with Gasteiger partial charge in [-0.1, -0.05) is 19.9 Å². The minimum absolute atomic E-state index is 1.04. The van der Waals surface area contributed by atoms with Crippen LogP contribution in [0, 0.1) is 6.92 Å². The molecular weight excluding hydrogens is 192 g/mol. The molecule has 0 unspecified atom stereocenters. The standard InChI is InChI=1S/C9H8N2S.C2H6/c1-7-3-2-4-11-9(7)8-5-10-6-12-8;1-2/h2-6H,1H3;1-2H3. The molecule has 0 atom stereocenters. The number of aryl methyl sites for hydroxylation is 1. The molecule has 0 fully saturated rings. The lowest BCUT2D eigenvalue weighted by molar-refractivity contribution is 1.27. The predicted molar refractivity (Wildman–Crippen MR) is 61.4 cm³/mol. The molecule has 2 aromatic rings. The highest BCUT2D eigenvalue weighted by atomic mass is 32.1. The van der Waals surface area contributed by atoms with E-state index in [2.05, 4.69) is 23.0 Å². The van der Waals surface area contributed by atoms with Crippen LogP contribution in [0.4, 0.5) is 0 Å². The molecule has 0 saturated heterocycles. The number of rotatable bonds is 1. The second kappa shape index (κ2) is 5.50. The van der Waals surface area contributed by atoms with Gasteiger partial charge in [0.1, 0.15) is 0 Å². The van der Waals surface area contributed by atoms with Gasteiger partial charge in [-0.05, 0) is 18.6 Å². The van der Waals surface area contributed by atoms with Crippen LogP contribution in [0.25, 0.3) is 10.6 Å². The number of hydrogen-bond acceptors (Lipinski definition) is 3. The van der Waals surface area contributed by atoms with Gasteiger partial charge in [-0.3, -0.25) is 9.97 Å². The Balaban J connectivity index is 0.000000461. The van der Waals surface area contributed by atoms with Crippen LogP contribution in [0.15, 0.2) is 30.0 Å². The van der Waals surface area contributed by atoms with E-state index in [1.807, 2.05) is 37.8 Å². The van der Waals surface area contributed by atoms with Gasteiger partial charge in [-0.15, -0.1) is 11.3 Å². The summed E-state index contributed by atoms with van der Waals surface area (Å²) in [6.45, 7) is 6.06. The minimum atomic E-state index is 1.04. The van der Waals surface area contributed by atoms with Gasteiger partial charge in [0, 0.05) is 12.4 Å².